The lowest BCUT2D eigenvalue weighted by Crippen LogP contribution is -2.17. The normalized spacial score (nSPS) is 11.1. The molecule has 0 spiro atoms. The van der Waals surface area contributed by atoms with Gasteiger partial charge in [-0.2, -0.15) is 13.2 Å². The molecule has 0 fully saturated rings. The summed E-state index contributed by atoms with van der Waals surface area (Å²) >= 11 is 5.54. The fourth-order valence-electron chi connectivity index (χ4n) is 1.87. The van der Waals surface area contributed by atoms with Crippen LogP contribution in [-0.4, -0.2) is 10.8 Å². The van der Waals surface area contributed by atoms with Gasteiger partial charge in [-0.1, -0.05) is 23.7 Å². The van der Waals surface area contributed by atoms with E-state index in [4.69, 9.17) is 11.6 Å². The highest BCUT2D eigenvalue weighted by Crippen LogP contribution is 2.36. The summed E-state index contributed by atoms with van der Waals surface area (Å²) in [5, 5.41) is 12.8. The van der Waals surface area contributed by atoms with Crippen molar-refractivity contribution < 1.29 is 22.9 Å². The molecule has 1 amide bonds. The third-order valence-corrected chi connectivity index (χ3v) is 3.12. The highest BCUT2D eigenvalue weighted by molar-refractivity contribution is 6.30. The van der Waals surface area contributed by atoms with Gasteiger partial charge in [0.2, 0.25) is 0 Å². The van der Waals surface area contributed by atoms with E-state index in [1.54, 1.807) is 0 Å². The highest BCUT2D eigenvalue weighted by Gasteiger charge is 2.34. The summed E-state index contributed by atoms with van der Waals surface area (Å²) in [4.78, 5) is 22.2. The molecule has 1 N–H and O–H groups in total. The van der Waals surface area contributed by atoms with E-state index >= 15 is 0 Å². The van der Waals surface area contributed by atoms with Gasteiger partial charge in [0.1, 0.15) is 5.56 Å². The predicted octanol–water partition coefficient (Wildman–Crippen LogP) is 4.52. The van der Waals surface area contributed by atoms with Gasteiger partial charge >= 0.3 is 6.18 Å². The first-order valence-corrected chi connectivity index (χ1v) is 6.49. The van der Waals surface area contributed by atoms with Gasteiger partial charge in [-0.05, 0) is 24.3 Å². The molecule has 0 unspecified atom stereocenters. The van der Waals surface area contributed by atoms with Crippen LogP contribution in [0.3, 0.4) is 0 Å². The van der Waals surface area contributed by atoms with Crippen LogP contribution in [0.1, 0.15) is 15.9 Å². The van der Waals surface area contributed by atoms with E-state index in [-0.39, 0.29) is 10.6 Å². The molecule has 5 nitrogen and oxygen atoms in total. The van der Waals surface area contributed by atoms with E-state index in [2.05, 4.69) is 0 Å². The summed E-state index contributed by atoms with van der Waals surface area (Å²) in [6, 6.07) is 7.77. The van der Waals surface area contributed by atoms with Gasteiger partial charge in [0.05, 0.1) is 16.2 Å². The van der Waals surface area contributed by atoms with Crippen molar-refractivity contribution in [2.45, 2.75) is 6.18 Å². The standard InChI is InChI=1S/C14H8ClF3N2O3/c15-8-5-6-11(10(7-8)14(16,17)18)19-13(21)9-3-1-2-4-12(9)20(22)23/h1-7H,(H,19,21). The van der Waals surface area contributed by atoms with E-state index in [1.807, 2.05) is 5.32 Å². The minimum absolute atomic E-state index is 0.152. The quantitative estimate of drug-likeness (QED) is 0.657. The van der Waals surface area contributed by atoms with Crippen molar-refractivity contribution in [1.29, 1.82) is 0 Å². The topological polar surface area (TPSA) is 72.2 Å². The number of nitrogens with one attached hydrogen (secondary N) is 1. The molecule has 0 saturated heterocycles. The van der Waals surface area contributed by atoms with Crippen molar-refractivity contribution >= 4 is 28.9 Å². The fourth-order valence-corrected chi connectivity index (χ4v) is 2.05. The molecule has 0 radical (unpaired) electrons. The molecule has 0 aliphatic rings. The van der Waals surface area contributed by atoms with E-state index in [1.165, 1.54) is 18.2 Å². The molecule has 0 aliphatic carbocycles. The van der Waals surface area contributed by atoms with E-state index in [9.17, 15) is 28.1 Å². The van der Waals surface area contributed by atoms with Crippen molar-refractivity contribution in [2.75, 3.05) is 5.32 Å². The van der Waals surface area contributed by atoms with Crippen molar-refractivity contribution in [3.63, 3.8) is 0 Å². The first-order chi connectivity index (χ1) is 10.7. The van der Waals surface area contributed by atoms with Crippen LogP contribution < -0.4 is 5.32 Å². The van der Waals surface area contributed by atoms with Gasteiger partial charge in [0.25, 0.3) is 11.6 Å². The number of benzene rings is 2. The molecule has 120 valence electrons. The second-order valence-electron chi connectivity index (χ2n) is 4.42. The maximum absolute atomic E-state index is 13.0. The molecular weight excluding hydrogens is 337 g/mol. The minimum atomic E-state index is -4.74. The number of para-hydroxylation sites is 1. The number of hydrogen-bond donors (Lipinski definition) is 1. The Kier molecular flexibility index (Phi) is 4.55. The summed E-state index contributed by atoms with van der Waals surface area (Å²) in [5.74, 6) is -1.02. The maximum atomic E-state index is 13.0. The molecule has 0 bridgehead atoms. The second kappa shape index (κ2) is 6.25. The zero-order valence-electron chi connectivity index (χ0n) is 11.2. The Morgan fingerprint density at radius 1 is 1.17 bits per heavy atom. The smallest absolute Gasteiger partial charge is 0.321 e. The summed E-state index contributed by atoms with van der Waals surface area (Å²) in [5.41, 5.74) is -2.53. The van der Waals surface area contributed by atoms with E-state index in [0.717, 1.165) is 18.2 Å². The Morgan fingerprint density at radius 3 is 2.43 bits per heavy atom. The van der Waals surface area contributed by atoms with Crippen LogP contribution in [-0.2, 0) is 6.18 Å². The number of hydrogen-bond acceptors (Lipinski definition) is 3. The van der Waals surface area contributed by atoms with E-state index in [0.29, 0.717) is 6.07 Å². The first-order valence-electron chi connectivity index (χ1n) is 6.11. The monoisotopic (exact) mass is 344 g/mol. The highest BCUT2D eigenvalue weighted by atomic mass is 35.5. The van der Waals surface area contributed by atoms with Gasteiger partial charge in [-0.3, -0.25) is 14.9 Å². The SMILES string of the molecule is O=C(Nc1ccc(Cl)cc1C(F)(F)F)c1ccccc1[N+](=O)[O-]. The molecule has 0 aromatic heterocycles. The zero-order valence-corrected chi connectivity index (χ0v) is 12.0. The Hall–Kier alpha value is -2.61. The number of nitro benzene ring substituents is 1. The molecule has 0 heterocycles. The number of nitrogens with zero attached hydrogens (tertiary/aromatic N) is 1. The average Bonchev–Trinajstić information content (AvgIpc) is 2.48. The lowest BCUT2D eigenvalue weighted by Gasteiger charge is -2.14. The van der Waals surface area contributed by atoms with Gasteiger partial charge in [-0.15, -0.1) is 0 Å². The first kappa shape index (κ1) is 16.8. The van der Waals surface area contributed by atoms with Crippen LogP contribution in [0, 0.1) is 10.1 Å². The third kappa shape index (κ3) is 3.78. The number of alkyl halides is 3. The Balaban J connectivity index is 2.41. The maximum Gasteiger partial charge on any atom is 0.418 e. The van der Waals surface area contributed by atoms with Crippen molar-refractivity contribution in [3.05, 3.63) is 68.7 Å². The fraction of sp³-hybridized carbons (Fsp3) is 0.0714. The van der Waals surface area contributed by atoms with Gasteiger partial charge < -0.3 is 5.32 Å². The number of halogens is 4. The molecule has 2 aromatic rings. The number of carbonyl (C=O) groups is 1. The van der Waals surface area contributed by atoms with Crippen LogP contribution in [0.25, 0.3) is 0 Å². The molecule has 2 aromatic carbocycles. The molecule has 0 saturated carbocycles. The Bertz CT molecular complexity index is 778. The number of nitro groups is 1. The van der Waals surface area contributed by atoms with Crippen molar-refractivity contribution in [1.82, 2.24) is 0 Å². The van der Waals surface area contributed by atoms with Crippen LogP contribution >= 0.6 is 11.6 Å². The van der Waals surface area contributed by atoms with Crippen LogP contribution in [0.5, 0.6) is 0 Å². The second-order valence-corrected chi connectivity index (χ2v) is 4.85. The zero-order chi connectivity index (χ0) is 17.2. The largest absolute Gasteiger partial charge is 0.418 e. The van der Waals surface area contributed by atoms with Gasteiger partial charge in [0.15, 0.2) is 0 Å². The molecule has 9 heteroatoms. The predicted molar refractivity (Wildman–Crippen MR) is 77.5 cm³/mol. The number of anilines is 1. The molecule has 0 aliphatic heterocycles. The Morgan fingerprint density at radius 2 is 1.83 bits per heavy atom. The summed E-state index contributed by atoms with van der Waals surface area (Å²) in [6.07, 6.45) is -4.74. The van der Waals surface area contributed by atoms with E-state index < -0.39 is 33.9 Å². The summed E-state index contributed by atoms with van der Waals surface area (Å²) in [6.45, 7) is 0. The molecular formula is C14H8ClF3N2O3. The number of amides is 1. The Labute approximate surface area is 132 Å². The summed E-state index contributed by atoms with van der Waals surface area (Å²) < 4.78 is 38.9. The number of rotatable bonds is 3. The third-order valence-electron chi connectivity index (χ3n) is 2.88. The lowest BCUT2D eigenvalue weighted by atomic mass is 10.1. The van der Waals surface area contributed by atoms with Crippen LogP contribution in [0.4, 0.5) is 24.5 Å². The summed E-state index contributed by atoms with van der Waals surface area (Å²) in [7, 11) is 0. The number of carbonyl (C=O) groups excluding carboxylic acids is 1. The van der Waals surface area contributed by atoms with Crippen LogP contribution in [0.15, 0.2) is 42.5 Å². The van der Waals surface area contributed by atoms with Crippen molar-refractivity contribution in [2.24, 2.45) is 0 Å². The lowest BCUT2D eigenvalue weighted by molar-refractivity contribution is -0.385. The minimum Gasteiger partial charge on any atom is -0.321 e. The molecule has 23 heavy (non-hydrogen) atoms. The van der Waals surface area contributed by atoms with Gasteiger partial charge in [-0.25, -0.2) is 0 Å². The van der Waals surface area contributed by atoms with Crippen molar-refractivity contribution in [3.8, 4) is 0 Å². The van der Waals surface area contributed by atoms with Gasteiger partial charge in [0, 0.05) is 11.1 Å². The molecule has 2 rings (SSSR count). The molecule has 0 atom stereocenters. The average molecular weight is 345 g/mol. The van der Waals surface area contributed by atoms with Crippen LogP contribution in [0.2, 0.25) is 5.02 Å².